The van der Waals surface area contributed by atoms with Crippen molar-refractivity contribution < 1.29 is 36.6 Å². The molecule has 1 saturated carbocycles. The maximum Gasteiger partial charge on any atom is 0.490 e. The molecule has 190 valence electrons. The molecule has 1 fully saturated rings. The van der Waals surface area contributed by atoms with Crippen LogP contribution < -0.4 is 16.4 Å². The molecular formula is C19H18ClF5N6O3S. The zero-order chi connectivity index (χ0) is 26.0. The van der Waals surface area contributed by atoms with Crippen molar-refractivity contribution in [3.63, 3.8) is 0 Å². The maximum atomic E-state index is 13.9. The average molecular weight is 541 g/mol. The maximum absolute atomic E-state index is 13.9. The van der Waals surface area contributed by atoms with E-state index in [4.69, 9.17) is 27.2 Å². The Morgan fingerprint density at radius 2 is 2.00 bits per heavy atom. The Morgan fingerprint density at radius 1 is 1.31 bits per heavy atom. The molecule has 0 spiro atoms. The fraction of sp³-hybridized carbons (Fsp3) is 0.368. The monoisotopic (exact) mass is 540 g/mol. The molecule has 3 aromatic rings. The number of nitrogens with zero attached hydrogens (tertiary/aromatic N) is 3. The highest BCUT2D eigenvalue weighted by molar-refractivity contribution is 7.15. The van der Waals surface area contributed by atoms with Crippen molar-refractivity contribution in [2.75, 3.05) is 10.6 Å². The number of rotatable bonds is 4. The summed E-state index contributed by atoms with van der Waals surface area (Å²) in [5, 5.41) is 18.7. The molecule has 2 atom stereocenters. The summed E-state index contributed by atoms with van der Waals surface area (Å²) in [7, 11) is 0. The first-order valence-corrected chi connectivity index (χ1v) is 11.1. The zero-order valence-electron chi connectivity index (χ0n) is 17.5. The van der Waals surface area contributed by atoms with E-state index in [1.807, 2.05) is 0 Å². The molecule has 0 unspecified atom stereocenters. The number of hydrogen-bond donors (Lipinski definition) is 4. The number of thiophene rings is 1. The predicted octanol–water partition coefficient (Wildman–Crippen LogP) is 4.26. The van der Waals surface area contributed by atoms with E-state index in [9.17, 15) is 26.7 Å². The number of hydrogen-bond acceptors (Lipinski definition) is 7. The molecule has 1 amide bonds. The molecule has 1 aliphatic rings. The van der Waals surface area contributed by atoms with Gasteiger partial charge in [-0.15, -0.1) is 11.3 Å². The molecule has 5 N–H and O–H groups in total. The van der Waals surface area contributed by atoms with E-state index in [1.165, 1.54) is 22.0 Å². The number of halogens is 6. The lowest BCUT2D eigenvalue weighted by molar-refractivity contribution is -0.192. The van der Waals surface area contributed by atoms with Crippen molar-refractivity contribution >= 4 is 52.0 Å². The van der Waals surface area contributed by atoms with E-state index >= 15 is 0 Å². The summed E-state index contributed by atoms with van der Waals surface area (Å²) in [6.45, 7) is 0. The van der Waals surface area contributed by atoms with Crippen molar-refractivity contribution in [1.29, 1.82) is 0 Å². The molecule has 0 bridgehead atoms. The second kappa shape index (κ2) is 10.3. The van der Waals surface area contributed by atoms with Gasteiger partial charge in [-0.25, -0.2) is 23.1 Å². The SMILES string of the molecule is N[C@@H]1[C@H](Nc2ccn3ncc(C(=O)Nc4ccsc4Cl)c3n2)CCCC1(F)F.O=C(O)C(F)(F)F. The first-order chi connectivity index (χ1) is 16.3. The Kier molecular flexibility index (Phi) is 7.81. The van der Waals surface area contributed by atoms with E-state index < -0.39 is 36.1 Å². The number of aliphatic carboxylic acids is 1. The van der Waals surface area contributed by atoms with Gasteiger partial charge in [0.15, 0.2) is 5.65 Å². The van der Waals surface area contributed by atoms with Crippen molar-refractivity contribution in [2.24, 2.45) is 5.73 Å². The Morgan fingerprint density at radius 3 is 2.60 bits per heavy atom. The minimum absolute atomic E-state index is 0.211. The molecule has 1 aliphatic carbocycles. The molecule has 0 aromatic carbocycles. The molecule has 3 aromatic heterocycles. The number of carbonyl (C=O) groups is 2. The lowest BCUT2D eigenvalue weighted by atomic mass is 9.87. The zero-order valence-corrected chi connectivity index (χ0v) is 19.1. The fourth-order valence-electron chi connectivity index (χ4n) is 3.23. The summed E-state index contributed by atoms with van der Waals surface area (Å²) in [4.78, 5) is 25.9. The topological polar surface area (TPSA) is 135 Å². The molecule has 16 heteroatoms. The largest absolute Gasteiger partial charge is 0.490 e. The van der Waals surface area contributed by atoms with Crippen LogP contribution in [0.1, 0.15) is 29.6 Å². The normalized spacial score (nSPS) is 19.5. The Bertz CT molecular complexity index is 1220. The van der Waals surface area contributed by atoms with Gasteiger partial charge in [0.2, 0.25) is 0 Å². The summed E-state index contributed by atoms with van der Waals surface area (Å²) < 4.78 is 61.4. The van der Waals surface area contributed by atoms with E-state index in [-0.39, 0.29) is 12.0 Å². The van der Waals surface area contributed by atoms with Crippen molar-refractivity contribution in [1.82, 2.24) is 14.6 Å². The van der Waals surface area contributed by atoms with Crippen LogP contribution in [0.2, 0.25) is 4.34 Å². The molecule has 0 aliphatic heterocycles. The second-order valence-electron chi connectivity index (χ2n) is 7.43. The van der Waals surface area contributed by atoms with Crippen LogP contribution in [0.15, 0.2) is 29.9 Å². The van der Waals surface area contributed by atoms with Crippen molar-refractivity contribution in [2.45, 2.75) is 43.4 Å². The minimum atomic E-state index is -5.08. The number of carboxylic acids is 1. The van der Waals surface area contributed by atoms with E-state index in [0.717, 1.165) is 0 Å². The predicted molar refractivity (Wildman–Crippen MR) is 118 cm³/mol. The van der Waals surface area contributed by atoms with Gasteiger partial charge in [-0.1, -0.05) is 11.6 Å². The van der Waals surface area contributed by atoms with E-state index in [1.54, 1.807) is 23.7 Å². The van der Waals surface area contributed by atoms with Gasteiger partial charge in [0, 0.05) is 18.7 Å². The molecule has 4 rings (SSSR count). The van der Waals surface area contributed by atoms with Crippen LogP contribution in [-0.2, 0) is 4.79 Å². The Balaban J connectivity index is 0.000000429. The third-order valence-corrected chi connectivity index (χ3v) is 6.17. The van der Waals surface area contributed by atoms with Gasteiger partial charge in [-0.05, 0) is 30.4 Å². The molecule has 0 radical (unpaired) electrons. The smallest absolute Gasteiger partial charge is 0.475 e. The minimum Gasteiger partial charge on any atom is -0.475 e. The van der Waals surface area contributed by atoms with Gasteiger partial charge >= 0.3 is 12.1 Å². The lowest BCUT2D eigenvalue weighted by Gasteiger charge is -2.36. The molecule has 0 saturated heterocycles. The summed E-state index contributed by atoms with van der Waals surface area (Å²) in [6, 6.07) is 1.40. The summed E-state index contributed by atoms with van der Waals surface area (Å²) in [6.07, 6.45) is -1.40. The van der Waals surface area contributed by atoms with Gasteiger partial charge in [-0.2, -0.15) is 18.3 Å². The fourth-order valence-corrected chi connectivity index (χ4v) is 4.07. The van der Waals surface area contributed by atoms with Crippen molar-refractivity contribution in [3.05, 3.63) is 39.8 Å². The first-order valence-electron chi connectivity index (χ1n) is 9.88. The number of carboxylic acid groups (broad SMARTS) is 1. The molecule has 35 heavy (non-hydrogen) atoms. The number of alkyl halides is 5. The third kappa shape index (κ3) is 6.35. The number of anilines is 2. The average Bonchev–Trinajstić information content (AvgIpc) is 3.37. The Labute approximate surface area is 203 Å². The molecule has 3 heterocycles. The van der Waals surface area contributed by atoms with Crippen LogP contribution in [0.25, 0.3) is 5.65 Å². The van der Waals surface area contributed by atoms with Gasteiger partial charge in [-0.3, -0.25) is 4.79 Å². The van der Waals surface area contributed by atoms with Gasteiger partial charge < -0.3 is 21.5 Å². The number of aromatic nitrogens is 3. The van der Waals surface area contributed by atoms with Crippen molar-refractivity contribution in [3.8, 4) is 0 Å². The number of amides is 1. The quantitative estimate of drug-likeness (QED) is 0.363. The third-order valence-electron chi connectivity index (χ3n) is 5.00. The highest BCUT2D eigenvalue weighted by Gasteiger charge is 2.44. The van der Waals surface area contributed by atoms with Crippen LogP contribution in [0.4, 0.5) is 33.5 Å². The second-order valence-corrected chi connectivity index (χ2v) is 8.95. The van der Waals surface area contributed by atoms with Crippen LogP contribution in [0.3, 0.4) is 0 Å². The number of nitrogens with two attached hydrogens (primary N) is 1. The van der Waals surface area contributed by atoms with E-state index in [0.29, 0.717) is 34.3 Å². The van der Waals surface area contributed by atoms with Crippen LogP contribution in [-0.4, -0.2) is 55.8 Å². The van der Waals surface area contributed by atoms with Gasteiger partial charge in [0.25, 0.3) is 11.8 Å². The number of carbonyl (C=O) groups excluding carboxylic acids is 1. The van der Waals surface area contributed by atoms with Crippen LogP contribution in [0.5, 0.6) is 0 Å². The standard InChI is InChI=1S/C17H17ClF2N6OS.C2HF3O2/c18-14-11(4-7-28-14)24-16(27)9-8-22-26-6-3-12(25-15(9)26)23-10-2-1-5-17(19,20)13(10)21;3-2(4,5)1(6)7/h3-4,6-8,10,13H,1-2,5,21H2,(H,23,25)(H,24,27);(H,6,7)/t10-,13-;/m1./s1. The number of fused-ring (bicyclic) bond motifs is 1. The molecular weight excluding hydrogens is 523 g/mol. The summed E-state index contributed by atoms with van der Waals surface area (Å²) >= 11 is 7.32. The van der Waals surface area contributed by atoms with Crippen LogP contribution in [0, 0.1) is 0 Å². The van der Waals surface area contributed by atoms with Gasteiger partial charge in [0.1, 0.15) is 15.7 Å². The van der Waals surface area contributed by atoms with Gasteiger partial charge in [0.05, 0.1) is 17.9 Å². The highest BCUT2D eigenvalue weighted by Crippen LogP contribution is 2.34. The summed E-state index contributed by atoms with van der Waals surface area (Å²) in [5.41, 5.74) is 6.77. The first kappa shape index (κ1) is 26.6. The Hall–Kier alpha value is -3.04. The highest BCUT2D eigenvalue weighted by atomic mass is 35.5. The van der Waals surface area contributed by atoms with E-state index in [2.05, 4.69) is 20.7 Å². The number of nitrogens with one attached hydrogen (secondary N) is 2. The molecule has 9 nitrogen and oxygen atoms in total. The van der Waals surface area contributed by atoms with Crippen LogP contribution >= 0.6 is 22.9 Å². The lowest BCUT2D eigenvalue weighted by Crippen LogP contribution is -2.55. The summed E-state index contributed by atoms with van der Waals surface area (Å²) in [5.74, 6) is -5.73.